The van der Waals surface area contributed by atoms with Gasteiger partial charge >= 0.3 is 0 Å². The number of hydrogen-bond acceptors (Lipinski definition) is 2. The molecule has 0 radical (unpaired) electrons. The van der Waals surface area contributed by atoms with Gasteiger partial charge in [-0.25, -0.2) is 17.2 Å². The summed E-state index contributed by atoms with van der Waals surface area (Å²) in [6.45, 7) is 0. The van der Waals surface area contributed by atoms with Crippen LogP contribution in [0.15, 0.2) is 24.3 Å². The predicted molar refractivity (Wildman–Crippen MR) is 45.0 cm³/mol. The summed E-state index contributed by atoms with van der Waals surface area (Å²) in [6.07, 6.45) is 0. The van der Waals surface area contributed by atoms with E-state index in [0.29, 0.717) is 0 Å². The zero-order valence-corrected chi connectivity index (χ0v) is 7.82. The van der Waals surface area contributed by atoms with Gasteiger partial charge in [-0.05, 0) is 12.1 Å². The van der Waals surface area contributed by atoms with E-state index >= 15 is 0 Å². The fraction of sp³-hybridized carbons (Fsp3) is 0.143. The van der Waals surface area contributed by atoms with E-state index in [2.05, 4.69) is 0 Å². The molecule has 0 N–H and O–H groups in total. The van der Waals surface area contributed by atoms with Gasteiger partial charge in [-0.2, -0.15) is 0 Å². The molecule has 0 saturated carbocycles. The maximum absolute atomic E-state index is 12.9. The smallest absolute Gasteiger partial charge is 0.223 e. The Balaban J connectivity index is 3.04. The Kier molecular flexibility index (Phi) is 2.87. The molecule has 0 spiro atoms. The van der Waals surface area contributed by atoms with E-state index in [-0.39, 0.29) is 5.56 Å². The van der Waals surface area contributed by atoms with Crippen LogP contribution in [-0.4, -0.2) is 8.42 Å². The average Bonchev–Trinajstić information content (AvgIpc) is 2.03. The molecule has 0 heterocycles. The van der Waals surface area contributed by atoms with Crippen molar-refractivity contribution in [2.45, 2.75) is 5.50 Å². The second-order valence-electron chi connectivity index (χ2n) is 2.34. The fourth-order valence-electron chi connectivity index (χ4n) is 0.777. The second-order valence-corrected chi connectivity index (χ2v) is 5.00. The van der Waals surface area contributed by atoms with Gasteiger partial charge in [-0.1, -0.05) is 12.1 Å². The zero-order chi connectivity index (χ0) is 10.1. The molecule has 0 aliphatic rings. The maximum atomic E-state index is 12.9. The highest BCUT2D eigenvalue weighted by Crippen LogP contribution is 2.26. The summed E-state index contributed by atoms with van der Waals surface area (Å²) < 4.78 is 46.3. The topological polar surface area (TPSA) is 34.1 Å². The van der Waals surface area contributed by atoms with Crippen molar-refractivity contribution in [1.29, 1.82) is 0 Å². The van der Waals surface area contributed by atoms with Crippen LogP contribution in [0.25, 0.3) is 0 Å². The zero-order valence-electron chi connectivity index (χ0n) is 6.25. The number of halogens is 3. The van der Waals surface area contributed by atoms with Gasteiger partial charge in [0.1, 0.15) is 5.82 Å². The van der Waals surface area contributed by atoms with Crippen LogP contribution in [0, 0.1) is 5.82 Å². The van der Waals surface area contributed by atoms with Crippen LogP contribution in [0.3, 0.4) is 0 Å². The maximum Gasteiger partial charge on any atom is 0.269 e. The summed E-state index contributed by atoms with van der Waals surface area (Å²) >= 11 is 0. The van der Waals surface area contributed by atoms with E-state index in [9.17, 15) is 17.2 Å². The minimum atomic E-state index is -4.29. The van der Waals surface area contributed by atoms with Crippen molar-refractivity contribution in [1.82, 2.24) is 0 Å². The van der Waals surface area contributed by atoms with Crippen molar-refractivity contribution in [3.05, 3.63) is 35.6 Å². The first-order valence-electron chi connectivity index (χ1n) is 3.24. The Hall–Kier alpha value is -0.680. The lowest BCUT2D eigenvalue weighted by Gasteiger charge is -2.03. The van der Waals surface area contributed by atoms with E-state index in [1.54, 1.807) is 0 Å². The van der Waals surface area contributed by atoms with Crippen molar-refractivity contribution in [2.24, 2.45) is 0 Å². The number of alkyl halides is 1. The van der Waals surface area contributed by atoms with Gasteiger partial charge < -0.3 is 0 Å². The van der Waals surface area contributed by atoms with Crippen molar-refractivity contribution < 1.29 is 17.2 Å². The molecule has 1 atom stereocenters. The molecule has 1 aromatic carbocycles. The molecule has 0 saturated heterocycles. The molecule has 6 heteroatoms. The van der Waals surface area contributed by atoms with E-state index < -0.39 is 20.4 Å². The van der Waals surface area contributed by atoms with Gasteiger partial charge in [0.25, 0.3) is 9.05 Å². The first-order chi connectivity index (χ1) is 5.91. The highest BCUT2D eigenvalue weighted by molar-refractivity contribution is 8.13. The third kappa shape index (κ3) is 2.63. The summed E-state index contributed by atoms with van der Waals surface area (Å²) in [5, 5.41) is 0. The fourth-order valence-corrected chi connectivity index (χ4v) is 1.57. The predicted octanol–water partition coefficient (Wildman–Crippen LogP) is 2.36. The van der Waals surface area contributed by atoms with Crippen molar-refractivity contribution in [2.75, 3.05) is 0 Å². The Morgan fingerprint density at radius 2 is 1.69 bits per heavy atom. The molecule has 1 rings (SSSR count). The monoisotopic (exact) mass is 226 g/mol. The summed E-state index contributed by atoms with van der Waals surface area (Å²) in [5.74, 6) is -0.567. The summed E-state index contributed by atoms with van der Waals surface area (Å²) in [6, 6.07) is 3.98. The molecule has 2 nitrogen and oxygen atoms in total. The van der Waals surface area contributed by atoms with Crippen LogP contribution in [-0.2, 0) is 9.05 Å². The lowest BCUT2D eigenvalue weighted by Crippen LogP contribution is -2.00. The molecule has 0 aliphatic heterocycles. The molecule has 1 unspecified atom stereocenters. The third-order valence-corrected chi connectivity index (χ3v) is 2.62. The van der Waals surface area contributed by atoms with E-state index in [4.69, 9.17) is 10.7 Å². The van der Waals surface area contributed by atoms with Gasteiger partial charge in [0.2, 0.25) is 5.50 Å². The third-order valence-electron chi connectivity index (χ3n) is 1.38. The standard InChI is InChI=1S/C7H5ClF2O2S/c8-13(11,12)7(10)5-1-3-6(9)4-2-5/h1-4,7H. The van der Waals surface area contributed by atoms with Crippen molar-refractivity contribution >= 4 is 19.7 Å². The molecule has 0 bridgehead atoms. The van der Waals surface area contributed by atoms with Gasteiger partial charge in [0.05, 0.1) is 0 Å². The molecule has 0 aliphatic carbocycles. The van der Waals surface area contributed by atoms with Crippen LogP contribution in [0.4, 0.5) is 8.78 Å². The van der Waals surface area contributed by atoms with Crippen LogP contribution in [0.1, 0.15) is 11.1 Å². The Labute approximate surface area is 78.6 Å². The second kappa shape index (κ2) is 3.59. The summed E-state index contributed by atoms with van der Waals surface area (Å²) in [4.78, 5) is 0. The molecular weight excluding hydrogens is 222 g/mol. The summed E-state index contributed by atoms with van der Waals surface area (Å²) in [7, 11) is 0.476. The van der Waals surface area contributed by atoms with Crippen LogP contribution >= 0.6 is 10.7 Å². The number of rotatable bonds is 2. The SMILES string of the molecule is O=S(=O)(Cl)C(F)c1ccc(F)cc1. The first kappa shape index (κ1) is 10.4. The van der Waals surface area contributed by atoms with Gasteiger partial charge in [0, 0.05) is 16.2 Å². The van der Waals surface area contributed by atoms with Crippen molar-refractivity contribution in [3.8, 4) is 0 Å². The molecule has 1 aromatic rings. The Morgan fingerprint density at radius 1 is 1.23 bits per heavy atom. The van der Waals surface area contributed by atoms with E-state index in [1.165, 1.54) is 0 Å². The van der Waals surface area contributed by atoms with Gasteiger partial charge in [0.15, 0.2) is 0 Å². The average molecular weight is 227 g/mol. The number of benzene rings is 1. The van der Waals surface area contributed by atoms with Crippen LogP contribution < -0.4 is 0 Å². The molecule has 0 fully saturated rings. The first-order valence-corrected chi connectivity index (χ1v) is 5.61. The number of hydrogen-bond donors (Lipinski definition) is 0. The molecular formula is C7H5ClF2O2S. The quantitative estimate of drug-likeness (QED) is 0.726. The van der Waals surface area contributed by atoms with Crippen molar-refractivity contribution in [3.63, 3.8) is 0 Å². The van der Waals surface area contributed by atoms with Gasteiger partial charge in [-0.3, -0.25) is 0 Å². The Morgan fingerprint density at radius 3 is 2.08 bits per heavy atom. The Bertz CT molecular complexity index is 387. The van der Waals surface area contributed by atoms with Crippen LogP contribution in [0.2, 0.25) is 0 Å². The molecule has 72 valence electrons. The minimum absolute atomic E-state index is 0.184. The molecule has 13 heavy (non-hydrogen) atoms. The highest BCUT2D eigenvalue weighted by atomic mass is 35.7. The van der Waals surface area contributed by atoms with Gasteiger partial charge in [-0.15, -0.1) is 0 Å². The largest absolute Gasteiger partial charge is 0.269 e. The minimum Gasteiger partial charge on any atom is -0.223 e. The van der Waals surface area contributed by atoms with Crippen LogP contribution in [0.5, 0.6) is 0 Å². The normalized spacial score (nSPS) is 14.1. The van der Waals surface area contributed by atoms with E-state index in [0.717, 1.165) is 24.3 Å². The van der Waals surface area contributed by atoms with E-state index in [1.807, 2.05) is 0 Å². The molecule has 0 aromatic heterocycles. The summed E-state index contributed by atoms with van der Waals surface area (Å²) in [5.41, 5.74) is -2.49. The lowest BCUT2D eigenvalue weighted by molar-refractivity contribution is 0.437. The highest BCUT2D eigenvalue weighted by Gasteiger charge is 2.23. The lowest BCUT2D eigenvalue weighted by atomic mass is 10.2. The molecule has 0 amide bonds.